The molecule has 1 aromatic carbocycles. The molecular formula is C21H26N6O. The largest absolute Gasteiger partial charge is 0.345 e. The van der Waals surface area contributed by atoms with Gasteiger partial charge in [-0.25, -0.2) is 9.50 Å². The molecule has 146 valence electrons. The van der Waals surface area contributed by atoms with E-state index in [0.717, 1.165) is 54.5 Å². The molecular weight excluding hydrogens is 352 g/mol. The van der Waals surface area contributed by atoms with Crippen LogP contribution in [-0.2, 0) is 4.79 Å². The summed E-state index contributed by atoms with van der Waals surface area (Å²) in [5.41, 5.74) is 3.92. The van der Waals surface area contributed by atoms with Gasteiger partial charge < -0.3 is 14.7 Å². The van der Waals surface area contributed by atoms with E-state index < -0.39 is 0 Å². The average Bonchev–Trinajstić information content (AvgIpc) is 3.08. The van der Waals surface area contributed by atoms with Crippen LogP contribution in [0.25, 0.3) is 16.9 Å². The van der Waals surface area contributed by atoms with Crippen LogP contribution in [0, 0.1) is 6.92 Å². The minimum atomic E-state index is 0.154. The van der Waals surface area contributed by atoms with E-state index in [2.05, 4.69) is 27.0 Å². The van der Waals surface area contributed by atoms with Gasteiger partial charge in [-0.05, 0) is 21.0 Å². The summed E-state index contributed by atoms with van der Waals surface area (Å²) in [4.78, 5) is 23.6. The van der Waals surface area contributed by atoms with Gasteiger partial charge in [0.05, 0.1) is 18.4 Å². The summed E-state index contributed by atoms with van der Waals surface area (Å²) in [6.45, 7) is 5.52. The van der Waals surface area contributed by atoms with Gasteiger partial charge in [-0.1, -0.05) is 30.3 Å². The number of aryl methyl sites for hydroxylation is 1. The van der Waals surface area contributed by atoms with Crippen LogP contribution in [0.15, 0.2) is 42.6 Å². The molecule has 1 aliphatic heterocycles. The number of anilines is 1. The first-order valence-electron chi connectivity index (χ1n) is 9.61. The van der Waals surface area contributed by atoms with Crippen molar-refractivity contribution >= 4 is 17.4 Å². The summed E-state index contributed by atoms with van der Waals surface area (Å²) >= 11 is 0. The Morgan fingerprint density at radius 2 is 1.93 bits per heavy atom. The molecule has 0 saturated carbocycles. The third-order valence-corrected chi connectivity index (χ3v) is 5.16. The molecule has 0 unspecified atom stereocenters. The van der Waals surface area contributed by atoms with Crippen molar-refractivity contribution in [1.82, 2.24) is 24.4 Å². The smallest absolute Gasteiger partial charge is 0.242 e. The number of likely N-dealkylation sites (N-methyl/N-ethyl adjacent to an activating group) is 1. The maximum atomic E-state index is 12.6. The number of amides is 1. The highest BCUT2D eigenvalue weighted by atomic mass is 16.2. The molecule has 0 aliphatic carbocycles. The maximum Gasteiger partial charge on any atom is 0.242 e. The molecule has 0 atom stereocenters. The monoisotopic (exact) mass is 378 g/mol. The van der Waals surface area contributed by atoms with Gasteiger partial charge in [0.25, 0.3) is 0 Å². The minimum Gasteiger partial charge on any atom is -0.345 e. The van der Waals surface area contributed by atoms with Gasteiger partial charge in [0.1, 0.15) is 5.82 Å². The Kier molecular flexibility index (Phi) is 5.00. The number of carbonyl (C=O) groups is 1. The molecule has 7 nitrogen and oxygen atoms in total. The number of hydrogen-bond acceptors (Lipinski definition) is 5. The fourth-order valence-corrected chi connectivity index (χ4v) is 3.50. The molecule has 4 rings (SSSR count). The summed E-state index contributed by atoms with van der Waals surface area (Å²) in [5, 5.41) is 4.50. The molecule has 0 radical (unpaired) electrons. The van der Waals surface area contributed by atoms with Gasteiger partial charge in [-0.2, -0.15) is 5.10 Å². The van der Waals surface area contributed by atoms with Gasteiger partial charge in [0.15, 0.2) is 5.65 Å². The minimum absolute atomic E-state index is 0.154. The summed E-state index contributed by atoms with van der Waals surface area (Å²) in [6.07, 6.45) is 1.84. The number of rotatable bonds is 5. The van der Waals surface area contributed by atoms with Crippen molar-refractivity contribution in [3.05, 3.63) is 48.2 Å². The normalized spacial score (nSPS) is 15.1. The van der Waals surface area contributed by atoms with E-state index in [1.807, 2.05) is 60.9 Å². The van der Waals surface area contributed by atoms with Crippen LogP contribution >= 0.6 is 0 Å². The molecule has 3 heterocycles. The van der Waals surface area contributed by atoms with Crippen molar-refractivity contribution < 1.29 is 4.79 Å². The fourth-order valence-electron chi connectivity index (χ4n) is 3.50. The van der Waals surface area contributed by atoms with Gasteiger partial charge in [-0.3, -0.25) is 4.79 Å². The van der Waals surface area contributed by atoms with Gasteiger partial charge >= 0.3 is 0 Å². The lowest BCUT2D eigenvalue weighted by molar-refractivity contribution is -0.131. The molecule has 1 fully saturated rings. The van der Waals surface area contributed by atoms with E-state index in [1.54, 1.807) is 0 Å². The molecule has 2 aromatic heterocycles. The Labute approximate surface area is 165 Å². The number of fused-ring (bicyclic) bond motifs is 1. The third kappa shape index (κ3) is 3.57. The Morgan fingerprint density at radius 3 is 2.64 bits per heavy atom. The standard InChI is InChI=1S/C21H26N6O/c1-16-14-22-27-18(17-7-5-4-6-8-17)13-19(23-21(16)27)26-12-11-25(20(28)15-26)10-9-24(2)3/h4-8,13-14H,9-12,15H2,1-3H3. The predicted octanol–water partition coefficient (Wildman–Crippen LogP) is 1.91. The average molecular weight is 378 g/mol. The molecule has 7 heteroatoms. The number of aromatic nitrogens is 3. The summed E-state index contributed by atoms with van der Waals surface area (Å²) in [7, 11) is 4.05. The Morgan fingerprint density at radius 1 is 1.14 bits per heavy atom. The van der Waals surface area contributed by atoms with E-state index >= 15 is 0 Å². The number of piperazine rings is 1. The van der Waals surface area contributed by atoms with E-state index in [1.165, 1.54) is 0 Å². The van der Waals surface area contributed by atoms with Crippen molar-refractivity contribution in [2.24, 2.45) is 0 Å². The van der Waals surface area contributed by atoms with Crippen LogP contribution in [0.4, 0.5) is 5.82 Å². The molecule has 1 saturated heterocycles. The topological polar surface area (TPSA) is 57.0 Å². The van der Waals surface area contributed by atoms with Gasteiger partial charge in [0.2, 0.25) is 5.91 Å². The number of carbonyl (C=O) groups excluding carboxylic acids is 1. The van der Waals surface area contributed by atoms with Crippen LogP contribution in [-0.4, -0.2) is 77.1 Å². The van der Waals surface area contributed by atoms with Gasteiger partial charge in [-0.15, -0.1) is 0 Å². The second kappa shape index (κ2) is 7.59. The SMILES string of the molecule is Cc1cnn2c(-c3ccccc3)cc(N3CCN(CCN(C)C)C(=O)C3)nc12. The lowest BCUT2D eigenvalue weighted by atomic mass is 10.1. The Hall–Kier alpha value is -2.93. The highest BCUT2D eigenvalue weighted by molar-refractivity contribution is 5.83. The molecule has 0 spiro atoms. The number of nitrogens with zero attached hydrogens (tertiary/aromatic N) is 6. The van der Waals surface area contributed by atoms with E-state index in [9.17, 15) is 4.79 Å². The first-order valence-corrected chi connectivity index (χ1v) is 9.61. The lowest BCUT2D eigenvalue weighted by Gasteiger charge is -2.35. The zero-order valence-corrected chi connectivity index (χ0v) is 16.7. The highest BCUT2D eigenvalue weighted by Gasteiger charge is 2.25. The molecule has 1 amide bonds. The van der Waals surface area contributed by atoms with Crippen molar-refractivity contribution in [3.63, 3.8) is 0 Å². The first-order chi connectivity index (χ1) is 13.5. The van der Waals surface area contributed by atoms with Crippen LogP contribution in [0.5, 0.6) is 0 Å². The second-order valence-electron chi connectivity index (χ2n) is 7.53. The fraction of sp³-hybridized carbons (Fsp3) is 0.381. The Bertz CT molecular complexity index is 981. The summed E-state index contributed by atoms with van der Waals surface area (Å²) in [5.74, 6) is 0.983. The van der Waals surface area contributed by atoms with Crippen LogP contribution in [0.2, 0.25) is 0 Å². The summed E-state index contributed by atoms with van der Waals surface area (Å²) in [6, 6.07) is 12.2. The third-order valence-electron chi connectivity index (χ3n) is 5.16. The van der Waals surface area contributed by atoms with Crippen molar-refractivity contribution in [3.8, 4) is 11.3 Å². The molecule has 0 N–H and O–H groups in total. The number of benzene rings is 1. The van der Waals surface area contributed by atoms with Crippen molar-refractivity contribution in [2.45, 2.75) is 6.92 Å². The zero-order valence-electron chi connectivity index (χ0n) is 16.7. The summed E-state index contributed by atoms with van der Waals surface area (Å²) < 4.78 is 1.88. The van der Waals surface area contributed by atoms with Crippen LogP contribution in [0.3, 0.4) is 0 Å². The number of hydrogen-bond donors (Lipinski definition) is 0. The van der Waals surface area contributed by atoms with E-state index in [0.29, 0.717) is 6.54 Å². The van der Waals surface area contributed by atoms with Gasteiger partial charge in [0, 0.05) is 43.4 Å². The first kappa shape index (κ1) is 18.4. The Balaban J connectivity index is 1.65. The van der Waals surface area contributed by atoms with Crippen molar-refractivity contribution in [2.75, 3.05) is 51.7 Å². The molecule has 1 aliphatic rings. The van der Waals surface area contributed by atoms with E-state index in [4.69, 9.17) is 4.98 Å². The maximum absolute atomic E-state index is 12.6. The van der Waals surface area contributed by atoms with Crippen LogP contribution < -0.4 is 4.90 Å². The van der Waals surface area contributed by atoms with E-state index in [-0.39, 0.29) is 5.91 Å². The van der Waals surface area contributed by atoms with Crippen molar-refractivity contribution in [1.29, 1.82) is 0 Å². The quantitative estimate of drug-likeness (QED) is 0.679. The molecule has 28 heavy (non-hydrogen) atoms. The predicted molar refractivity (Wildman–Crippen MR) is 111 cm³/mol. The molecule has 3 aromatic rings. The second-order valence-corrected chi connectivity index (χ2v) is 7.53. The lowest BCUT2D eigenvalue weighted by Crippen LogP contribution is -2.52. The van der Waals surface area contributed by atoms with Crippen LogP contribution in [0.1, 0.15) is 5.56 Å². The molecule has 0 bridgehead atoms. The zero-order chi connectivity index (χ0) is 19.7. The highest BCUT2D eigenvalue weighted by Crippen LogP contribution is 2.26.